The Hall–Kier alpha value is -2.39. The largest absolute Gasteiger partial charge is 0.305 e. The number of halogens is 1. The minimum atomic E-state index is -0.217. The van der Waals surface area contributed by atoms with Crippen molar-refractivity contribution in [2.75, 3.05) is 0 Å². The molecule has 0 spiro atoms. The molecule has 21 heavy (non-hydrogen) atoms. The average Bonchev–Trinajstić information content (AvgIpc) is 2.83. The highest BCUT2D eigenvalue weighted by Crippen LogP contribution is 2.21. The maximum absolute atomic E-state index is 12.0. The lowest BCUT2D eigenvalue weighted by atomic mass is 10.1. The summed E-state index contributed by atoms with van der Waals surface area (Å²) in [5.41, 5.74) is 3.18. The summed E-state index contributed by atoms with van der Waals surface area (Å²) in [7, 11) is 0. The van der Waals surface area contributed by atoms with Crippen molar-refractivity contribution in [3.63, 3.8) is 0 Å². The van der Waals surface area contributed by atoms with E-state index in [1.165, 1.54) is 0 Å². The van der Waals surface area contributed by atoms with Crippen molar-refractivity contribution in [1.82, 2.24) is 5.32 Å². The number of benzene rings is 2. The highest BCUT2D eigenvalue weighted by atomic mass is 35.5. The van der Waals surface area contributed by atoms with Crippen molar-refractivity contribution in [3.05, 3.63) is 75.9 Å². The summed E-state index contributed by atoms with van der Waals surface area (Å²) in [4.78, 5) is 16.4. The van der Waals surface area contributed by atoms with E-state index in [2.05, 4.69) is 10.3 Å². The molecule has 1 amide bonds. The molecule has 0 aromatic heterocycles. The number of carbonyl (C=O) groups is 1. The number of rotatable bonds is 2. The van der Waals surface area contributed by atoms with Gasteiger partial charge in [-0.2, -0.15) is 0 Å². The average molecular weight is 297 g/mol. The number of hydrogen-bond acceptors (Lipinski definition) is 2. The van der Waals surface area contributed by atoms with Gasteiger partial charge in [0.15, 0.2) is 0 Å². The van der Waals surface area contributed by atoms with Gasteiger partial charge in [0.05, 0.1) is 0 Å². The van der Waals surface area contributed by atoms with Gasteiger partial charge >= 0.3 is 0 Å². The van der Waals surface area contributed by atoms with Crippen molar-refractivity contribution in [2.45, 2.75) is 6.92 Å². The highest BCUT2D eigenvalue weighted by Gasteiger charge is 2.21. The molecule has 0 unspecified atom stereocenters. The molecule has 0 atom stereocenters. The van der Waals surface area contributed by atoms with Crippen LogP contribution in [0.2, 0.25) is 5.02 Å². The van der Waals surface area contributed by atoms with Crippen molar-refractivity contribution in [2.24, 2.45) is 4.99 Å². The second-order valence-electron chi connectivity index (χ2n) is 4.83. The van der Waals surface area contributed by atoms with E-state index in [9.17, 15) is 4.79 Å². The molecule has 3 nitrogen and oxygen atoms in total. The lowest BCUT2D eigenvalue weighted by molar-refractivity contribution is -0.115. The summed E-state index contributed by atoms with van der Waals surface area (Å²) in [6.07, 6.45) is 1.69. The summed E-state index contributed by atoms with van der Waals surface area (Å²) < 4.78 is 0. The molecule has 0 saturated carbocycles. The van der Waals surface area contributed by atoms with Gasteiger partial charge in [-0.1, -0.05) is 59.6 Å². The van der Waals surface area contributed by atoms with Gasteiger partial charge in [0.25, 0.3) is 5.91 Å². The minimum Gasteiger partial charge on any atom is -0.305 e. The van der Waals surface area contributed by atoms with E-state index in [1.54, 1.807) is 12.1 Å². The van der Waals surface area contributed by atoms with E-state index in [0.29, 0.717) is 16.6 Å². The predicted octanol–water partition coefficient (Wildman–Crippen LogP) is 3.57. The summed E-state index contributed by atoms with van der Waals surface area (Å²) in [6.45, 7) is 2.02. The molecule has 4 heteroatoms. The van der Waals surface area contributed by atoms with Crippen molar-refractivity contribution in [3.8, 4) is 0 Å². The Balaban J connectivity index is 1.96. The molecular weight excluding hydrogens is 284 g/mol. The van der Waals surface area contributed by atoms with Crippen LogP contribution in [0.5, 0.6) is 0 Å². The molecule has 2 aromatic carbocycles. The Morgan fingerprint density at radius 2 is 1.81 bits per heavy atom. The second-order valence-corrected chi connectivity index (χ2v) is 5.24. The van der Waals surface area contributed by atoms with Gasteiger partial charge in [0, 0.05) is 10.6 Å². The Bertz CT molecular complexity index is 761. The Morgan fingerprint density at radius 3 is 2.52 bits per heavy atom. The first kappa shape index (κ1) is 13.6. The zero-order valence-electron chi connectivity index (χ0n) is 11.4. The maximum atomic E-state index is 12.0. The number of aliphatic imine (C=N–C) groups is 1. The fourth-order valence-corrected chi connectivity index (χ4v) is 2.25. The van der Waals surface area contributed by atoms with E-state index in [4.69, 9.17) is 11.6 Å². The zero-order chi connectivity index (χ0) is 14.8. The summed E-state index contributed by atoms with van der Waals surface area (Å²) in [5.74, 6) is 0.351. The molecule has 0 saturated heterocycles. The molecule has 0 bridgehead atoms. The lowest BCUT2D eigenvalue weighted by Gasteiger charge is -2.00. The van der Waals surface area contributed by atoms with Crippen LogP contribution < -0.4 is 5.32 Å². The lowest BCUT2D eigenvalue weighted by Crippen LogP contribution is -2.24. The number of nitrogens with one attached hydrogen (secondary N) is 1. The van der Waals surface area contributed by atoms with Crippen LogP contribution in [0.25, 0.3) is 6.08 Å². The highest BCUT2D eigenvalue weighted by molar-refractivity contribution is 6.32. The van der Waals surface area contributed by atoms with Crippen LogP contribution in [0, 0.1) is 6.92 Å². The molecule has 1 heterocycles. The number of nitrogens with zero attached hydrogens (tertiary/aromatic N) is 1. The number of amidine groups is 1. The van der Waals surface area contributed by atoms with Crippen LogP contribution in [0.1, 0.15) is 16.7 Å². The normalized spacial score (nSPS) is 16.0. The predicted molar refractivity (Wildman–Crippen MR) is 85.3 cm³/mol. The first-order chi connectivity index (χ1) is 10.1. The SMILES string of the molecule is Cc1ccc(C2=NC(=Cc3ccccc3Cl)C(=O)N2)cc1. The van der Waals surface area contributed by atoms with Crippen LogP contribution in [0.15, 0.2) is 59.2 Å². The molecule has 104 valence electrons. The maximum Gasteiger partial charge on any atom is 0.275 e. The van der Waals surface area contributed by atoms with E-state index < -0.39 is 0 Å². The van der Waals surface area contributed by atoms with E-state index in [-0.39, 0.29) is 5.91 Å². The first-order valence-corrected chi connectivity index (χ1v) is 6.94. The van der Waals surface area contributed by atoms with Gasteiger partial charge < -0.3 is 5.32 Å². The number of carbonyl (C=O) groups excluding carboxylic acids is 1. The van der Waals surface area contributed by atoms with Crippen LogP contribution >= 0.6 is 11.6 Å². The molecule has 1 aliphatic heterocycles. The molecule has 0 fully saturated rings. The summed E-state index contributed by atoms with van der Waals surface area (Å²) in [5, 5.41) is 3.37. The molecule has 3 rings (SSSR count). The third-order valence-electron chi connectivity index (χ3n) is 3.22. The van der Waals surface area contributed by atoms with Gasteiger partial charge in [-0.3, -0.25) is 4.79 Å². The fraction of sp³-hybridized carbons (Fsp3) is 0.0588. The molecule has 0 radical (unpaired) electrons. The monoisotopic (exact) mass is 296 g/mol. The molecule has 1 aliphatic rings. The molecule has 0 aliphatic carbocycles. The minimum absolute atomic E-state index is 0.217. The van der Waals surface area contributed by atoms with E-state index >= 15 is 0 Å². The first-order valence-electron chi connectivity index (χ1n) is 6.57. The van der Waals surface area contributed by atoms with Crippen molar-refractivity contribution >= 4 is 29.4 Å². The Morgan fingerprint density at radius 1 is 1.10 bits per heavy atom. The van der Waals surface area contributed by atoms with Gasteiger partial charge in [-0.15, -0.1) is 0 Å². The molecule has 2 aromatic rings. The Kier molecular flexibility index (Phi) is 3.59. The number of amides is 1. The van der Waals surface area contributed by atoms with Crippen LogP contribution in [0.3, 0.4) is 0 Å². The quantitative estimate of drug-likeness (QED) is 0.846. The molecular formula is C17H13ClN2O. The molecule has 1 N–H and O–H groups in total. The van der Waals surface area contributed by atoms with Crippen LogP contribution in [-0.2, 0) is 4.79 Å². The van der Waals surface area contributed by atoms with E-state index in [0.717, 1.165) is 16.7 Å². The van der Waals surface area contributed by atoms with Gasteiger partial charge in [0.1, 0.15) is 11.5 Å². The summed E-state index contributed by atoms with van der Waals surface area (Å²) in [6, 6.07) is 15.2. The third-order valence-corrected chi connectivity index (χ3v) is 3.56. The topological polar surface area (TPSA) is 41.5 Å². The van der Waals surface area contributed by atoms with Crippen molar-refractivity contribution in [1.29, 1.82) is 0 Å². The fourth-order valence-electron chi connectivity index (χ4n) is 2.06. The van der Waals surface area contributed by atoms with Crippen LogP contribution in [0.4, 0.5) is 0 Å². The zero-order valence-corrected chi connectivity index (χ0v) is 12.2. The smallest absolute Gasteiger partial charge is 0.275 e. The Labute approximate surface area is 128 Å². The van der Waals surface area contributed by atoms with E-state index in [1.807, 2.05) is 49.4 Å². The van der Waals surface area contributed by atoms with Crippen LogP contribution in [-0.4, -0.2) is 11.7 Å². The van der Waals surface area contributed by atoms with Gasteiger partial charge in [-0.05, 0) is 24.6 Å². The van der Waals surface area contributed by atoms with Gasteiger partial charge in [0.2, 0.25) is 0 Å². The standard InChI is InChI=1S/C17H13ClN2O/c1-11-6-8-12(9-7-11)16-19-15(17(21)20-16)10-13-4-2-3-5-14(13)18/h2-10H,1H3,(H,19,20,21). The summed E-state index contributed by atoms with van der Waals surface area (Å²) >= 11 is 6.10. The number of hydrogen-bond donors (Lipinski definition) is 1. The third kappa shape index (κ3) is 2.88. The van der Waals surface area contributed by atoms with Gasteiger partial charge in [-0.25, -0.2) is 4.99 Å². The second kappa shape index (κ2) is 5.54. The number of aryl methyl sites for hydroxylation is 1. The van der Waals surface area contributed by atoms with Crippen molar-refractivity contribution < 1.29 is 4.79 Å².